The minimum atomic E-state index is -0.835. The van der Waals surface area contributed by atoms with Gasteiger partial charge in [-0.05, 0) is 17.7 Å². The van der Waals surface area contributed by atoms with E-state index in [1.54, 1.807) is 18.2 Å². The fourth-order valence-electron chi connectivity index (χ4n) is 2.58. The quantitative estimate of drug-likeness (QED) is 0.328. The van der Waals surface area contributed by atoms with Crippen molar-refractivity contribution in [2.45, 2.75) is 44.4 Å². The maximum absolute atomic E-state index is 12.1. The number of carbonyl (C=O) groups excluding carboxylic acids is 2. The lowest BCUT2D eigenvalue weighted by atomic mass is 10.1. The van der Waals surface area contributed by atoms with E-state index in [2.05, 4.69) is 11.2 Å². The summed E-state index contributed by atoms with van der Waals surface area (Å²) in [6.45, 7) is 0.0893. The third kappa shape index (κ3) is 6.66. The lowest BCUT2D eigenvalue weighted by Gasteiger charge is -2.31. The molecule has 3 N–H and O–H groups in total. The molecule has 8 nitrogen and oxygen atoms in total. The first-order chi connectivity index (χ1) is 13.0. The number of benzene rings is 1. The molecule has 2 rings (SSSR count). The molecule has 0 bridgehead atoms. The molecular weight excluding hydrogens is 354 g/mol. The van der Waals surface area contributed by atoms with Crippen LogP contribution in [0.5, 0.6) is 5.75 Å². The van der Waals surface area contributed by atoms with Crippen molar-refractivity contribution in [3.63, 3.8) is 0 Å². The molecule has 0 spiro atoms. The van der Waals surface area contributed by atoms with Gasteiger partial charge in [0, 0.05) is 12.8 Å². The van der Waals surface area contributed by atoms with E-state index in [1.165, 1.54) is 0 Å². The molecule has 1 heterocycles. The molecule has 0 aliphatic carbocycles. The normalized spacial score (nSPS) is 21.9. The van der Waals surface area contributed by atoms with E-state index in [1.807, 2.05) is 0 Å². The van der Waals surface area contributed by atoms with Crippen molar-refractivity contribution in [1.29, 1.82) is 0 Å². The van der Waals surface area contributed by atoms with Gasteiger partial charge in [-0.2, -0.15) is 0 Å². The van der Waals surface area contributed by atoms with E-state index in [0.717, 1.165) is 0 Å². The van der Waals surface area contributed by atoms with Crippen LogP contribution < -0.4 is 10.1 Å². The molecule has 1 aliphatic rings. The zero-order valence-corrected chi connectivity index (χ0v) is 14.8. The zero-order valence-electron chi connectivity index (χ0n) is 14.8. The van der Waals surface area contributed by atoms with E-state index in [0.29, 0.717) is 23.3 Å². The second-order valence-electron chi connectivity index (χ2n) is 6.03. The number of ether oxygens (including phenoxy) is 3. The maximum atomic E-state index is 12.1. The summed E-state index contributed by atoms with van der Waals surface area (Å²) in [5.74, 6) is 2.29. The monoisotopic (exact) mass is 377 g/mol. The van der Waals surface area contributed by atoms with Crippen LogP contribution in [-0.4, -0.2) is 54.1 Å². The summed E-state index contributed by atoms with van der Waals surface area (Å²) in [6.07, 6.45) is 3.89. The second kappa shape index (κ2) is 10.6. The van der Waals surface area contributed by atoms with Crippen LogP contribution in [0.1, 0.15) is 24.8 Å². The van der Waals surface area contributed by atoms with Crippen LogP contribution in [0, 0.1) is 12.3 Å². The van der Waals surface area contributed by atoms with Gasteiger partial charge in [0.05, 0.1) is 31.4 Å². The van der Waals surface area contributed by atoms with Crippen molar-refractivity contribution in [1.82, 2.24) is 0 Å². The number of anilines is 1. The third-order valence-corrected chi connectivity index (χ3v) is 3.87. The van der Waals surface area contributed by atoms with E-state index in [4.69, 9.17) is 20.6 Å². The number of terminal acetylenes is 1. The number of amides is 1. The minimum Gasteiger partial charge on any atom is -0.463 e. The van der Waals surface area contributed by atoms with Crippen molar-refractivity contribution < 1.29 is 34.0 Å². The van der Waals surface area contributed by atoms with Gasteiger partial charge in [-0.1, -0.05) is 12.0 Å². The van der Waals surface area contributed by atoms with Crippen molar-refractivity contribution >= 4 is 17.9 Å². The van der Waals surface area contributed by atoms with Crippen molar-refractivity contribution in [3.8, 4) is 18.1 Å². The van der Waals surface area contributed by atoms with Crippen LogP contribution in [0.2, 0.25) is 0 Å². The van der Waals surface area contributed by atoms with Crippen LogP contribution in [0.4, 0.5) is 5.69 Å². The maximum Gasteiger partial charge on any atom is 0.226 e. The van der Waals surface area contributed by atoms with Gasteiger partial charge >= 0.3 is 0 Å². The van der Waals surface area contributed by atoms with Crippen LogP contribution in [-0.2, 0) is 25.7 Å². The van der Waals surface area contributed by atoms with E-state index < -0.39 is 18.5 Å². The molecule has 0 aromatic heterocycles. The number of carbonyl (C=O) groups is 2. The summed E-state index contributed by atoms with van der Waals surface area (Å²) in [5, 5.41) is 21.9. The highest BCUT2D eigenvalue weighted by atomic mass is 16.7. The molecule has 146 valence electrons. The van der Waals surface area contributed by atoms with Crippen LogP contribution in [0.3, 0.4) is 0 Å². The van der Waals surface area contributed by atoms with Gasteiger partial charge in [0.15, 0.2) is 0 Å². The average Bonchev–Trinajstić information content (AvgIpc) is 2.66. The number of rotatable bonds is 9. The predicted molar refractivity (Wildman–Crippen MR) is 95.9 cm³/mol. The molecule has 1 aromatic carbocycles. The van der Waals surface area contributed by atoms with Gasteiger partial charge in [-0.15, -0.1) is 6.42 Å². The van der Waals surface area contributed by atoms with Crippen LogP contribution in [0.25, 0.3) is 0 Å². The Morgan fingerprint density at radius 3 is 2.96 bits per heavy atom. The predicted octanol–water partition coefficient (Wildman–Crippen LogP) is 0.601. The highest BCUT2D eigenvalue weighted by Crippen LogP contribution is 2.30. The average molecular weight is 377 g/mol. The fraction of sp³-hybridized carbons (Fsp3) is 0.474. The van der Waals surface area contributed by atoms with Crippen molar-refractivity contribution in [3.05, 3.63) is 23.8 Å². The molecule has 1 saturated heterocycles. The number of hydrogen-bond acceptors (Lipinski definition) is 7. The van der Waals surface area contributed by atoms with E-state index in [-0.39, 0.29) is 45.0 Å². The first-order valence-corrected chi connectivity index (χ1v) is 8.56. The number of aliphatic hydroxyl groups excluding tert-OH is 2. The molecule has 0 radical (unpaired) electrons. The lowest BCUT2D eigenvalue weighted by molar-refractivity contribution is -0.175. The zero-order chi connectivity index (χ0) is 19.6. The molecule has 0 saturated carbocycles. The topological polar surface area (TPSA) is 114 Å². The second-order valence-corrected chi connectivity index (χ2v) is 6.03. The standard InChI is InChI=1S/C19H23NO7/c1-2-6-25-7-5-18(24)20-16-8-13(11-21)3-4-17(16)27-19-10-14(23)9-15(12-22)26-19/h1,3-4,8,12,14-15,19,21,23H,5-7,9-11H2,(H,20,24). The van der Waals surface area contributed by atoms with Gasteiger partial charge in [-0.3, -0.25) is 4.79 Å². The van der Waals surface area contributed by atoms with Crippen LogP contribution >= 0.6 is 0 Å². The SMILES string of the molecule is C#CCOCCC(=O)Nc1cc(CO)ccc1OC1CC(O)CC(C=O)O1. The van der Waals surface area contributed by atoms with E-state index >= 15 is 0 Å². The van der Waals surface area contributed by atoms with Gasteiger partial charge in [0.1, 0.15) is 24.7 Å². The number of aliphatic hydroxyl groups is 2. The number of nitrogens with one attached hydrogen (secondary N) is 1. The Hall–Kier alpha value is -2.44. The molecule has 27 heavy (non-hydrogen) atoms. The molecule has 1 aromatic rings. The van der Waals surface area contributed by atoms with Gasteiger partial charge in [0.2, 0.25) is 12.2 Å². The highest BCUT2D eigenvalue weighted by molar-refractivity contribution is 5.92. The Bertz CT molecular complexity index is 685. The molecule has 8 heteroatoms. The molecule has 3 unspecified atom stereocenters. The van der Waals surface area contributed by atoms with Crippen LogP contribution in [0.15, 0.2) is 18.2 Å². The Labute approximate surface area is 157 Å². The first-order valence-electron chi connectivity index (χ1n) is 8.56. The fourth-order valence-corrected chi connectivity index (χ4v) is 2.58. The highest BCUT2D eigenvalue weighted by Gasteiger charge is 2.30. The Balaban J connectivity index is 2.06. The molecule has 1 fully saturated rings. The van der Waals surface area contributed by atoms with Gasteiger partial charge < -0.3 is 34.5 Å². The Morgan fingerprint density at radius 1 is 1.44 bits per heavy atom. The lowest BCUT2D eigenvalue weighted by Crippen LogP contribution is -2.39. The minimum absolute atomic E-state index is 0.0936. The summed E-state index contributed by atoms with van der Waals surface area (Å²) >= 11 is 0. The Kier molecular flexibility index (Phi) is 8.23. The number of aldehydes is 1. The summed E-state index contributed by atoms with van der Waals surface area (Å²) in [7, 11) is 0. The summed E-state index contributed by atoms with van der Waals surface area (Å²) < 4.78 is 16.3. The first kappa shape index (κ1) is 20.9. The summed E-state index contributed by atoms with van der Waals surface area (Å²) in [4.78, 5) is 23.0. The number of hydrogen-bond donors (Lipinski definition) is 3. The molecular formula is C19H23NO7. The third-order valence-electron chi connectivity index (χ3n) is 3.87. The summed E-state index contributed by atoms with van der Waals surface area (Å²) in [5.41, 5.74) is 0.923. The smallest absolute Gasteiger partial charge is 0.226 e. The van der Waals surface area contributed by atoms with Crippen molar-refractivity contribution in [2.24, 2.45) is 0 Å². The van der Waals surface area contributed by atoms with Gasteiger partial charge in [-0.25, -0.2) is 0 Å². The van der Waals surface area contributed by atoms with Gasteiger partial charge in [0.25, 0.3) is 0 Å². The Morgan fingerprint density at radius 2 is 2.26 bits per heavy atom. The molecule has 1 amide bonds. The molecule has 1 aliphatic heterocycles. The molecule has 3 atom stereocenters. The largest absolute Gasteiger partial charge is 0.463 e. The summed E-state index contributed by atoms with van der Waals surface area (Å²) in [6, 6.07) is 4.79. The van der Waals surface area contributed by atoms with E-state index in [9.17, 15) is 19.8 Å². The van der Waals surface area contributed by atoms with Crippen molar-refractivity contribution in [2.75, 3.05) is 18.5 Å².